The number of esters is 2. The van der Waals surface area contributed by atoms with Gasteiger partial charge in [-0.25, -0.2) is 15.0 Å². The van der Waals surface area contributed by atoms with Gasteiger partial charge in [0.2, 0.25) is 0 Å². The molecule has 2 aromatic carbocycles. The summed E-state index contributed by atoms with van der Waals surface area (Å²) in [7, 11) is 1.92. The standard InChI is InChI=1S/C34H41N7O5/c1-6-45-31(42)16-18-41(29-9-7-8-17-36-29)34(44)25-12-15-28-27(20-25)39-30(40(28)5)21-37-26-13-10-24(11-14-26)33(35)38-23(4)46-32(43)19-22(2)3/h7-15,17,20,22-23,37H,6,16,18-19,21H2,1-5H3,(H2,35,38). The van der Waals surface area contributed by atoms with E-state index in [1.54, 1.807) is 50.4 Å². The summed E-state index contributed by atoms with van der Waals surface area (Å²) in [4.78, 5) is 52.4. The lowest BCUT2D eigenvalue weighted by Gasteiger charge is -2.21. The van der Waals surface area contributed by atoms with Gasteiger partial charge in [0.1, 0.15) is 17.5 Å². The van der Waals surface area contributed by atoms with Crippen LogP contribution in [-0.4, -0.2) is 57.6 Å². The number of imidazole rings is 1. The summed E-state index contributed by atoms with van der Waals surface area (Å²) in [5.74, 6) is 0.721. The molecule has 1 unspecified atom stereocenters. The second-order valence-corrected chi connectivity index (χ2v) is 11.1. The summed E-state index contributed by atoms with van der Waals surface area (Å²) in [6, 6.07) is 18.1. The van der Waals surface area contributed by atoms with Crippen molar-refractivity contribution in [3.63, 3.8) is 0 Å². The molecule has 4 aromatic rings. The van der Waals surface area contributed by atoms with Gasteiger partial charge < -0.3 is 25.1 Å². The summed E-state index contributed by atoms with van der Waals surface area (Å²) in [5.41, 5.74) is 9.67. The number of hydrogen-bond donors (Lipinski definition) is 2. The number of anilines is 2. The predicted molar refractivity (Wildman–Crippen MR) is 177 cm³/mol. The fourth-order valence-electron chi connectivity index (χ4n) is 4.77. The van der Waals surface area contributed by atoms with Crippen LogP contribution in [0.15, 0.2) is 71.9 Å². The third kappa shape index (κ3) is 8.90. The fraction of sp³-hybridized carbons (Fsp3) is 0.353. The van der Waals surface area contributed by atoms with Crippen molar-refractivity contribution in [3.8, 4) is 0 Å². The smallest absolute Gasteiger partial charge is 0.308 e. The lowest BCUT2D eigenvalue weighted by Crippen LogP contribution is -2.34. The van der Waals surface area contributed by atoms with E-state index in [0.717, 1.165) is 17.0 Å². The van der Waals surface area contributed by atoms with Crippen molar-refractivity contribution in [1.29, 1.82) is 0 Å². The Hall–Kier alpha value is -5.26. The van der Waals surface area contributed by atoms with Gasteiger partial charge in [0.15, 0.2) is 6.23 Å². The van der Waals surface area contributed by atoms with Crippen LogP contribution < -0.4 is 16.0 Å². The maximum absolute atomic E-state index is 13.6. The van der Waals surface area contributed by atoms with E-state index in [0.29, 0.717) is 35.4 Å². The first kappa shape index (κ1) is 33.6. The SMILES string of the molecule is CCOC(=O)CCN(C(=O)c1ccc2c(c1)nc(CNc1ccc(/C(N)=N/C(C)OC(=O)CC(C)C)cc1)n2C)c1ccccn1. The first-order valence-corrected chi connectivity index (χ1v) is 15.3. The summed E-state index contributed by atoms with van der Waals surface area (Å²) in [6.45, 7) is 8.16. The third-order valence-corrected chi connectivity index (χ3v) is 7.07. The van der Waals surface area contributed by atoms with E-state index in [1.165, 1.54) is 4.90 Å². The zero-order valence-corrected chi connectivity index (χ0v) is 26.9. The second kappa shape index (κ2) is 15.6. The number of fused-ring (bicyclic) bond motifs is 1. The molecule has 242 valence electrons. The topological polar surface area (TPSA) is 154 Å². The summed E-state index contributed by atoms with van der Waals surface area (Å²) in [5, 5.41) is 3.37. The van der Waals surface area contributed by atoms with Gasteiger partial charge in [-0.1, -0.05) is 19.9 Å². The number of carbonyl (C=O) groups is 3. The minimum Gasteiger partial charge on any atom is -0.466 e. The number of amides is 1. The number of benzene rings is 2. The highest BCUT2D eigenvalue weighted by Crippen LogP contribution is 2.21. The number of amidine groups is 1. The molecule has 12 nitrogen and oxygen atoms in total. The van der Waals surface area contributed by atoms with Gasteiger partial charge in [-0.05, 0) is 74.4 Å². The molecular weight excluding hydrogens is 586 g/mol. The van der Waals surface area contributed by atoms with Gasteiger partial charge in [0, 0.05) is 43.0 Å². The molecule has 0 saturated heterocycles. The van der Waals surface area contributed by atoms with Crippen molar-refractivity contribution in [1.82, 2.24) is 14.5 Å². The Kier molecular flexibility index (Phi) is 11.4. The summed E-state index contributed by atoms with van der Waals surface area (Å²) in [6.07, 6.45) is 1.30. The molecule has 0 aliphatic heterocycles. The van der Waals surface area contributed by atoms with Crippen LogP contribution in [0.1, 0.15) is 62.3 Å². The maximum atomic E-state index is 13.6. The molecule has 0 spiro atoms. The lowest BCUT2D eigenvalue weighted by atomic mass is 10.1. The second-order valence-electron chi connectivity index (χ2n) is 11.1. The van der Waals surface area contributed by atoms with E-state index < -0.39 is 6.23 Å². The van der Waals surface area contributed by atoms with Crippen molar-refractivity contribution in [2.24, 2.45) is 23.7 Å². The van der Waals surface area contributed by atoms with Crippen LogP contribution in [0.3, 0.4) is 0 Å². The molecule has 0 fully saturated rings. The largest absolute Gasteiger partial charge is 0.466 e. The molecule has 12 heteroatoms. The van der Waals surface area contributed by atoms with Crippen molar-refractivity contribution in [3.05, 3.63) is 83.8 Å². The van der Waals surface area contributed by atoms with Crippen LogP contribution in [0.5, 0.6) is 0 Å². The van der Waals surface area contributed by atoms with Crippen molar-refractivity contribution in [2.45, 2.75) is 53.3 Å². The Bertz CT molecular complexity index is 1680. The van der Waals surface area contributed by atoms with Crippen LogP contribution in [-0.2, 0) is 32.7 Å². The monoisotopic (exact) mass is 627 g/mol. The fourth-order valence-corrected chi connectivity index (χ4v) is 4.77. The summed E-state index contributed by atoms with van der Waals surface area (Å²) < 4.78 is 12.3. The van der Waals surface area contributed by atoms with E-state index in [2.05, 4.69) is 15.3 Å². The van der Waals surface area contributed by atoms with Crippen LogP contribution in [0, 0.1) is 5.92 Å². The maximum Gasteiger partial charge on any atom is 0.308 e. The number of nitrogens with zero attached hydrogens (tertiary/aromatic N) is 5. The molecule has 0 aliphatic carbocycles. The van der Waals surface area contributed by atoms with Gasteiger partial charge in [0.25, 0.3) is 5.91 Å². The van der Waals surface area contributed by atoms with Gasteiger partial charge in [-0.2, -0.15) is 0 Å². The third-order valence-electron chi connectivity index (χ3n) is 7.07. The van der Waals surface area contributed by atoms with Gasteiger partial charge >= 0.3 is 11.9 Å². The Morgan fingerprint density at radius 2 is 1.76 bits per heavy atom. The highest BCUT2D eigenvalue weighted by atomic mass is 16.6. The number of nitrogens with one attached hydrogen (secondary N) is 1. The van der Waals surface area contributed by atoms with Crippen molar-refractivity contribution in [2.75, 3.05) is 23.4 Å². The molecule has 2 heterocycles. The average Bonchev–Trinajstić information content (AvgIpc) is 3.34. The van der Waals surface area contributed by atoms with E-state index in [-0.39, 0.29) is 49.2 Å². The Labute approximate surface area is 268 Å². The number of aromatic nitrogens is 3. The zero-order chi connectivity index (χ0) is 33.2. The predicted octanol–water partition coefficient (Wildman–Crippen LogP) is 4.82. The molecule has 0 bridgehead atoms. The molecule has 0 saturated carbocycles. The summed E-state index contributed by atoms with van der Waals surface area (Å²) >= 11 is 0. The molecule has 3 N–H and O–H groups in total. The first-order valence-electron chi connectivity index (χ1n) is 15.3. The number of aliphatic imine (C=N–C) groups is 1. The van der Waals surface area contributed by atoms with E-state index in [1.807, 2.05) is 55.8 Å². The van der Waals surface area contributed by atoms with Crippen LogP contribution in [0.25, 0.3) is 11.0 Å². The highest BCUT2D eigenvalue weighted by Gasteiger charge is 2.21. The minimum atomic E-state index is -0.680. The molecule has 1 amide bonds. The van der Waals surface area contributed by atoms with E-state index in [4.69, 9.17) is 20.2 Å². The molecule has 0 radical (unpaired) electrons. The quantitative estimate of drug-likeness (QED) is 0.114. The van der Waals surface area contributed by atoms with Gasteiger partial charge in [-0.15, -0.1) is 0 Å². The van der Waals surface area contributed by atoms with Gasteiger partial charge in [-0.3, -0.25) is 19.3 Å². The van der Waals surface area contributed by atoms with E-state index in [9.17, 15) is 14.4 Å². The molecule has 4 rings (SSSR count). The number of nitrogens with two attached hydrogens (primary N) is 1. The average molecular weight is 628 g/mol. The Balaban J connectivity index is 1.43. The van der Waals surface area contributed by atoms with Crippen LogP contribution in [0.4, 0.5) is 11.5 Å². The van der Waals surface area contributed by atoms with Crippen molar-refractivity contribution >= 4 is 46.2 Å². The number of rotatable bonds is 14. The molecule has 2 aromatic heterocycles. The van der Waals surface area contributed by atoms with Gasteiger partial charge in [0.05, 0.1) is 30.6 Å². The number of aryl methyl sites for hydroxylation is 1. The molecule has 0 aliphatic rings. The van der Waals surface area contributed by atoms with E-state index >= 15 is 0 Å². The Morgan fingerprint density at radius 3 is 2.43 bits per heavy atom. The normalized spacial score (nSPS) is 12.2. The lowest BCUT2D eigenvalue weighted by molar-refractivity contribution is -0.148. The highest BCUT2D eigenvalue weighted by molar-refractivity contribution is 6.07. The Morgan fingerprint density at radius 1 is 1.02 bits per heavy atom. The molecule has 1 atom stereocenters. The van der Waals surface area contributed by atoms with Crippen LogP contribution in [0.2, 0.25) is 0 Å². The number of pyridine rings is 1. The number of hydrogen-bond acceptors (Lipinski definition) is 9. The number of ether oxygens (including phenoxy) is 2. The number of carbonyl (C=O) groups excluding carboxylic acids is 3. The minimum absolute atomic E-state index is 0.0468. The van der Waals surface area contributed by atoms with Crippen LogP contribution >= 0.6 is 0 Å². The molecule has 46 heavy (non-hydrogen) atoms. The molecular formula is C34H41N7O5. The zero-order valence-electron chi connectivity index (χ0n) is 26.9. The first-order chi connectivity index (χ1) is 22.0. The van der Waals surface area contributed by atoms with Crippen molar-refractivity contribution < 1.29 is 23.9 Å².